The fourth-order valence-corrected chi connectivity index (χ4v) is 2.66. The number of allylic oxidation sites excluding steroid dienone is 4. The van der Waals surface area contributed by atoms with E-state index in [0.717, 1.165) is 16.7 Å². The second-order valence-electron chi connectivity index (χ2n) is 3.72. The first-order valence-corrected chi connectivity index (χ1v) is 5.82. The Hall–Kier alpha value is -0.890. The SMILES string of the molecule is C=C(S/C=C\N)C1=CC=CC2CC[C@H]12. The third-order valence-corrected chi connectivity index (χ3v) is 3.79. The molecule has 2 aliphatic rings. The molecule has 2 aliphatic carbocycles. The van der Waals surface area contributed by atoms with Gasteiger partial charge < -0.3 is 5.73 Å². The molecule has 2 heteroatoms. The fourth-order valence-electron chi connectivity index (χ4n) is 2.06. The Labute approximate surface area is 89.4 Å². The van der Waals surface area contributed by atoms with Crippen LogP contribution in [0.1, 0.15) is 12.8 Å². The molecule has 0 amide bonds. The lowest BCUT2D eigenvalue weighted by Crippen LogP contribution is -2.27. The van der Waals surface area contributed by atoms with Crippen LogP contribution in [0.15, 0.2) is 46.9 Å². The molecule has 14 heavy (non-hydrogen) atoms. The van der Waals surface area contributed by atoms with Crippen molar-refractivity contribution >= 4 is 11.8 Å². The maximum atomic E-state index is 5.31. The lowest BCUT2D eigenvalue weighted by atomic mass is 9.67. The molecule has 0 aromatic carbocycles. The van der Waals surface area contributed by atoms with E-state index >= 15 is 0 Å². The Balaban J connectivity index is 2.06. The number of rotatable bonds is 3. The van der Waals surface area contributed by atoms with Gasteiger partial charge in [0.1, 0.15) is 0 Å². The molecule has 1 fully saturated rings. The summed E-state index contributed by atoms with van der Waals surface area (Å²) in [5.74, 6) is 1.50. The highest BCUT2D eigenvalue weighted by atomic mass is 32.2. The van der Waals surface area contributed by atoms with E-state index in [9.17, 15) is 0 Å². The third kappa shape index (κ3) is 1.67. The van der Waals surface area contributed by atoms with E-state index < -0.39 is 0 Å². The number of hydrogen-bond donors (Lipinski definition) is 1. The number of nitrogens with two attached hydrogens (primary N) is 1. The minimum atomic E-state index is 0.728. The van der Waals surface area contributed by atoms with Crippen LogP contribution in [0.5, 0.6) is 0 Å². The van der Waals surface area contributed by atoms with Crippen LogP contribution in [-0.2, 0) is 0 Å². The summed E-state index contributed by atoms with van der Waals surface area (Å²) in [6.45, 7) is 4.09. The van der Waals surface area contributed by atoms with Crippen molar-refractivity contribution in [3.05, 3.63) is 46.9 Å². The van der Waals surface area contributed by atoms with Crippen LogP contribution < -0.4 is 5.73 Å². The summed E-state index contributed by atoms with van der Waals surface area (Å²) in [6.07, 6.45) is 10.9. The first kappa shape index (κ1) is 9.66. The van der Waals surface area contributed by atoms with Crippen LogP contribution in [0.4, 0.5) is 0 Å². The van der Waals surface area contributed by atoms with Gasteiger partial charge >= 0.3 is 0 Å². The molecule has 0 aromatic heterocycles. The Morgan fingerprint density at radius 3 is 3.07 bits per heavy atom. The highest BCUT2D eigenvalue weighted by Gasteiger charge is 2.33. The van der Waals surface area contributed by atoms with Crippen molar-refractivity contribution < 1.29 is 0 Å². The van der Waals surface area contributed by atoms with Crippen molar-refractivity contribution in [3.8, 4) is 0 Å². The van der Waals surface area contributed by atoms with Gasteiger partial charge in [-0.2, -0.15) is 0 Å². The van der Waals surface area contributed by atoms with Gasteiger partial charge in [-0.3, -0.25) is 0 Å². The molecule has 1 unspecified atom stereocenters. The molecule has 0 saturated heterocycles. The number of hydrogen-bond acceptors (Lipinski definition) is 2. The maximum Gasteiger partial charge on any atom is 0.00795 e. The van der Waals surface area contributed by atoms with Gasteiger partial charge in [0.15, 0.2) is 0 Å². The van der Waals surface area contributed by atoms with E-state index in [2.05, 4.69) is 24.8 Å². The Morgan fingerprint density at radius 1 is 1.57 bits per heavy atom. The van der Waals surface area contributed by atoms with Gasteiger partial charge in [-0.1, -0.05) is 36.6 Å². The van der Waals surface area contributed by atoms with Gasteiger partial charge in [-0.05, 0) is 35.7 Å². The zero-order chi connectivity index (χ0) is 9.97. The summed E-state index contributed by atoms with van der Waals surface area (Å²) in [5, 5.41) is 1.88. The Morgan fingerprint density at radius 2 is 2.43 bits per heavy atom. The van der Waals surface area contributed by atoms with E-state index in [1.54, 1.807) is 18.0 Å². The van der Waals surface area contributed by atoms with E-state index in [-0.39, 0.29) is 0 Å². The van der Waals surface area contributed by atoms with E-state index in [4.69, 9.17) is 5.73 Å². The molecule has 0 bridgehead atoms. The molecule has 0 aromatic rings. The van der Waals surface area contributed by atoms with Gasteiger partial charge in [-0.15, -0.1) is 0 Å². The first-order valence-electron chi connectivity index (χ1n) is 4.94. The lowest BCUT2D eigenvalue weighted by molar-refractivity contribution is 0.271. The minimum Gasteiger partial charge on any atom is -0.404 e. The highest BCUT2D eigenvalue weighted by Crippen LogP contribution is 2.46. The summed E-state index contributed by atoms with van der Waals surface area (Å²) in [6, 6.07) is 0. The molecule has 0 aliphatic heterocycles. The van der Waals surface area contributed by atoms with Crippen molar-refractivity contribution in [1.29, 1.82) is 0 Å². The topological polar surface area (TPSA) is 26.0 Å². The molecule has 74 valence electrons. The van der Waals surface area contributed by atoms with Gasteiger partial charge in [0.25, 0.3) is 0 Å². The van der Waals surface area contributed by atoms with Crippen molar-refractivity contribution in [1.82, 2.24) is 0 Å². The quantitative estimate of drug-likeness (QED) is 0.765. The molecule has 0 heterocycles. The number of fused-ring (bicyclic) bond motifs is 1. The molecule has 2 N–H and O–H groups in total. The second kappa shape index (κ2) is 4.09. The average molecular weight is 205 g/mol. The molecule has 1 nitrogen and oxygen atoms in total. The molecule has 0 spiro atoms. The van der Waals surface area contributed by atoms with Crippen LogP contribution in [0.2, 0.25) is 0 Å². The molecular weight excluding hydrogens is 190 g/mol. The van der Waals surface area contributed by atoms with Crippen molar-refractivity contribution in [3.63, 3.8) is 0 Å². The number of thioether (sulfide) groups is 1. The van der Waals surface area contributed by atoms with Gasteiger partial charge in [0.2, 0.25) is 0 Å². The molecular formula is C12H15NS. The van der Waals surface area contributed by atoms with E-state index in [0.29, 0.717) is 0 Å². The summed E-state index contributed by atoms with van der Waals surface area (Å²) >= 11 is 1.62. The minimum absolute atomic E-state index is 0.728. The van der Waals surface area contributed by atoms with Crippen LogP contribution in [-0.4, -0.2) is 0 Å². The maximum absolute atomic E-state index is 5.31. The predicted octanol–water partition coefficient (Wildman–Crippen LogP) is 3.19. The van der Waals surface area contributed by atoms with Crippen LogP contribution in [0.3, 0.4) is 0 Å². The predicted molar refractivity (Wildman–Crippen MR) is 63.5 cm³/mol. The third-order valence-electron chi connectivity index (χ3n) is 2.97. The van der Waals surface area contributed by atoms with Crippen molar-refractivity contribution in [2.75, 3.05) is 0 Å². The van der Waals surface area contributed by atoms with Gasteiger partial charge in [0, 0.05) is 11.1 Å². The average Bonchev–Trinajstić information content (AvgIpc) is 2.15. The monoisotopic (exact) mass is 205 g/mol. The largest absolute Gasteiger partial charge is 0.404 e. The lowest BCUT2D eigenvalue weighted by Gasteiger charge is -2.38. The van der Waals surface area contributed by atoms with Crippen LogP contribution >= 0.6 is 11.8 Å². The Bertz CT molecular complexity index is 325. The van der Waals surface area contributed by atoms with Crippen LogP contribution in [0.25, 0.3) is 0 Å². The normalized spacial score (nSPS) is 29.6. The van der Waals surface area contributed by atoms with Crippen LogP contribution in [0, 0.1) is 11.8 Å². The zero-order valence-electron chi connectivity index (χ0n) is 8.15. The van der Waals surface area contributed by atoms with Gasteiger partial charge in [-0.25, -0.2) is 0 Å². The second-order valence-corrected chi connectivity index (χ2v) is 4.72. The first-order chi connectivity index (χ1) is 6.83. The summed E-state index contributed by atoms with van der Waals surface area (Å²) in [4.78, 5) is 1.14. The fraction of sp³-hybridized carbons (Fsp3) is 0.333. The molecule has 1 saturated carbocycles. The van der Waals surface area contributed by atoms with E-state index in [1.165, 1.54) is 18.4 Å². The van der Waals surface area contributed by atoms with E-state index in [1.807, 2.05) is 5.41 Å². The summed E-state index contributed by atoms with van der Waals surface area (Å²) in [5.41, 5.74) is 6.72. The molecule has 2 atom stereocenters. The zero-order valence-corrected chi connectivity index (χ0v) is 8.96. The van der Waals surface area contributed by atoms with Crippen molar-refractivity contribution in [2.45, 2.75) is 12.8 Å². The smallest absolute Gasteiger partial charge is 0.00795 e. The Kier molecular flexibility index (Phi) is 2.82. The van der Waals surface area contributed by atoms with Gasteiger partial charge in [0.05, 0.1) is 0 Å². The molecule has 0 radical (unpaired) electrons. The van der Waals surface area contributed by atoms with Crippen molar-refractivity contribution in [2.24, 2.45) is 17.6 Å². The summed E-state index contributed by atoms with van der Waals surface area (Å²) < 4.78 is 0. The highest BCUT2D eigenvalue weighted by molar-refractivity contribution is 8.06. The molecule has 2 rings (SSSR count). The standard InChI is InChI=1S/C12H15NS/c1-9(14-8-7-13)11-4-2-3-10-5-6-12(10)11/h2-4,7-8,10,12H,1,5-6,13H2/b8-7-/t10?,12-/m0/s1. The summed E-state index contributed by atoms with van der Waals surface area (Å²) in [7, 11) is 0.